The molecule has 1 aromatic rings. The standard InChI is InChI=1S/C18H24N2O3S/c1-9(16-20-12(8-24-16)18(2,3)4)19-15(21)13-10-5-6-11(7-10)14(13)17(22)23/h5-6,8-11,13-14H,7H2,1-4H3,(H,19,21)(H,22,23). The smallest absolute Gasteiger partial charge is 0.307 e. The molecule has 2 bridgehead atoms. The molecule has 1 saturated carbocycles. The molecule has 0 spiro atoms. The first-order valence-corrected chi connectivity index (χ1v) is 9.24. The number of hydrogen-bond acceptors (Lipinski definition) is 4. The van der Waals surface area contributed by atoms with Gasteiger partial charge in [-0.3, -0.25) is 9.59 Å². The Balaban J connectivity index is 1.71. The number of amides is 1. The van der Waals surface area contributed by atoms with Crippen LogP contribution in [0.3, 0.4) is 0 Å². The van der Waals surface area contributed by atoms with E-state index in [2.05, 4.69) is 31.1 Å². The lowest BCUT2D eigenvalue weighted by atomic mass is 9.82. The van der Waals surface area contributed by atoms with Gasteiger partial charge in [0.25, 0.3) is 0 Å². The van der Waals surface area contributed by atoms with Gasteiger partial charge in [-0.05, 0) is 25.2 Å². The third-order valence-corrected chi connectivity index (χ3v) is 6.09. The first kappa shape index (κ1) is 17.1. The number of hydrogen-bond donors (Lipinski definition) is 2. The van der Waals surface area contributed by atoms with Gasteiger partial charge in [-0.1, -0.05) is 32.9 Å². The zero-order valence-electron chi connectivity index (χ0n) is 14.4. The second kappa shape index (κ2) is 5.99. The lowest BCUT2D eigenvalue weighted by molar-refractivity contribution is -0.148. The molecule has 0 aromatic carbocycles. The van der Waals surface area contributed by atoms with E-state index in [-0.39, 0.29) is 29.2 Å². The maximum absolute atomic E-state index is 12.7. The van der Waals surface area contributed by atoms with Crippen LogP contribution in [-0.2, 0) is 15.0 Å². The van der Waals surface area contributed by atoms with Crippen molar-refractivity contribution in [1.82, 2.24) is 10.3 Å². The zero-order chi connectivity index (χ0) is 17.6. The minimum absolute atomic E-state index is 0.00841. The highest BCUT2D eigenvalue weighted by Crippen LogP contribution is 2.48. The Kier molecular flexibility index (Phi) is 4.28. The fraction of sp³-hybridized carbons (Fsp3) is 0.611. The molecule has 5 nitrogen and oxygen atoms in total. The van der Waals surface area contributed by atoms with Crippen LogP contribution in [0, 0.1) is 23.7 Å². The highest BCUT2D eigenvalue weighted by Gasteiger charge is 2.51. The number of nitrogens with one attached hydrogen (secondary N) is 1. The van der Waals surface area contributed by atoms with E-state index in [1.165, 1.54) is 11.3 Å². The summed E-state index contributed by atoms with van der Waals surface area (Å²) in [5.74, 6) is -2.07. The van der Waals surface area contributed by atoms with Crippen LogP contribution < -0.4 is 5.32 Å². The Bertz CT molecular complexity index is 689. The van der Waals surface area contributed by atoms with Gasteiger partial charge in [0.15, 0.2) is 0 Å². The molecule has 6 heteroatoms. The van der Waals surface area contributed by atoms with Crippen LogP contribution >= 0.6 is 11.3 Å². The molecule has 2 N–H and O–H groups in total. The Morgan fingerprint density at radius 3 is 2.46 bits per heavy atom. The van der Waals surface area contributed by atoms with Gasteiger partial charge in [0.2, 0.25) is 5.91 Å². The van der Waals surface area contributed by atoms with Crippen LogP contribution in [0.4, 0.5) is 0 Å². The Hall–Kier alpha value is -1.69. The van der Waals surface area contributed by atoms with Crippen LogP contribution in [0.2, 0.25) is 0 Å². The number of allylic oxidation sites excluding steroid dienone is 2. The molecule has 0 aliphatic heterocycles. The van der Waals surface area contributed by atoms with Gasteiger partial charge in [-0.2, -0.15) is 0 Å². The first-order chi connectivity index (χ1) is 11.2. The summed E-state index contributed by atoms with van der Waals surface area (Å²) in [6.07, 6.45) is 4.72. The monoisotopic (exact) mass is 348 g/mol. The maximum atomic E-state index is 12.7. The molecule has 0 saturated heterocycles. The van der Waals surface area contributed by atoms with E-state index in [0.29, 0.717) is 0 Å². The van der Waals surface area contributed by atoms with Crippen molar-refractivity contribution in [2.75, 3.05) is 0 Å². The van der Waals surface area contributed by atoms with Crippen molar-refractivity contribution in [2.24, 2.45) is 23.7 Å². The maximum Gasteiger partial charge on any atom is 0.307 e. The molecule has 1 amide bonds. The topological polar surface area (TPSA) is 79.3 Å². The van der Waals surface area contributed by atoms with Gasteiger partial charge < -0.3 is 10.4 Å². The van der Waals surface area contributed by atoms with E-state index < -0.39 is 17.8 Å². The number of carboxylic acids is 1. The highest BCUT2D eigenvalue weighted by molar-refractivity contribution is 7.09. The van der Waals surface area contributed by atoms with Gasteiger partial charge in [-0.15, -0.1) is 11.3 Å². The van der Waals surface area contributed by atoms with E-state index in [0.717, 1.165) is 17.1 Å². The number of rotatable bonds is 4. The molecule has 0 radical (unpaired) electrons. The fourth-order valence-electron chi connectivity index (χ4n) is 3.72. The van der Waals surface area contributed by atoms with Crippen molar-refractivity contribution in [3.05, 3.63) is 28.2 Å². The molecular formula is C18H24N2O3S. The summed E-state index contributed by atoms with van der Waals surface area (Å²) in [6, 6.07) is -0.212. The summed E-state index contributed by atoms with van der Waals surface area (Å²) in [7, 11) is 0. The van der Waals surface area contributed by atoms with Crippen LogP contribution in [-0.4, -0.2) is 22.0 Å². The lowest BCUT2D eigenvalue weighted by Crippen LogP contribution is -2.41. The van der Waals surface area contributed by atoms with Crippen molar-refractivity contribution in [1.29, 1.82) is 0 Å². The summed E-state index contributed by atoms with van der Waals surface area (Å²) in [6.45, 7) is 8.22. The quantitative estimate of drug-likeness (QED) is 0.819. The summed E-state index contributed by atoms with van der Waals surface area (Å²) in [5.41, 5.74) is 0.984. The number of thiazole rings is 1. The molecule has 2 aliphatic carbocycles. The molecular weight excluding hydrogens is 324 g/mol. The molecule has 1 heterocycles. The molecule has 5 unspecified atom stereocenters. The number of aromatic nitrogens is 1. The number of aliphatic carboxylic acids is 1. The lowest BCUT2D eigenvalue weighted by Gasteiger charge is -2.25. The van der Waals surface area contributed by atoms with Crippen LogP contribution in [0.15, 0.2) is 17.5 Å². The minimum Gasteiger partial charge on any atom is -0.481 e. The minimum atomic E-state index is -0.871. The van der Waals surface area contributed by atoms with Crippen molar-refractivity contribution in [3.63, 3.8) is 0 Å². The predicted molar refractivity (Wildman–Crippen MR) is 92.7 cm³/mol. The largest absolute Gasteiger partial charge is 0.481 e. The first-order valence-electron chi connectivity index (χ1n) is 8.36. The van der Waals surface area contributed by atoms with Gasteiger partial charge in [0.05, 0.1) is 23.6 Å². The van der Waals surface area contributed by atoms with Crippen LogP contribution in [0.1, 0.15) is 50.9 Å². The van der Waals surface area contributed by atoms with E-state index in [9.17, 15) is 14.7 Å². The normalized spacial score (nSPS) is 29.7. The average molecular weight is 348 g/mol. The summed E-state index contributed by atoms with van der Waals surface area (Å²) < 4.78 is 0. The van der Waals surface area contributed by atoms with Gasteiger partial charge in [-0.25, -0.2) is 4.98 Å². The molecule has 1 aromatic heterocycles. The van der Waals surface area contributed by atoms with Crippen LogP contribution in [0.5, 0.6) is 0 Å². The van der Waals surface area contributed by atoms with E-state index in [1.807, 2.05) is 24.5 Å². The fourth-order valence-corrected chi connectivity index (χ4v) is 4.77. The van der Waals surface area contributed by atoms with Crippen molar-refractivity contribution >= 4 is 23.2 Å². The molecule has 5 atom stereocenters. The second-order valence-corrected chi connectivity index (χ2v) is 8.78. The third-order valence-electron chi connectivity index (χ3n) is 5.07. The Labute approximate surface area is 146 Å². The number of carboxylic acid groups (broad SMARTS) is 1. The Morgan fingerprint density at radius 2 is 1.92 bits per heavy atom. The Morgan fingerprint density at radius 1 is 1.29 bits per heavy atom. The van der Waals surface area contributed by atoms with Crippen LogP contribution in [0.25, 0.3) is 0 Å². The zero-order valence-corrected chi connectivity index (χ0v) is 15.3. The van der Waals surface area contributed by atoms with Crippen molar-refractivity contribution in [2.45, 2.75) is 45.6 Å². The number of carbonyl (C=O) groups excluding carboxylic acids is 1. The molecule has 3 rings (SSSR count). The van der Waals surface area contributed by atoms with Gasteiger partial charge >= 0.3 is 5.97 Å². The SMILES string of the molecule is CC(NC(=O)C1C2C=CC(C2)C1C(=O)O)c1nc(C(C)(C)C)cs1. The van der Waals surface area contributed by atoms with Crippen molar-refractivity contribution < 1.29 is 14.7 Å². The summed E-state index contributed by atoms with van der Waals surface area (Å²) in [5, 5.41) is 15.3. The molecule has 2 aliphatic rings. The molecule has 1 fully saturated rings. The molecule has 130 valence electrons. The van der Waals surface area contributed by atoms with E-state index in [1.54, 1.807) is 0 Å². The number of fused-ring (bicyclic) bond motifs is 2. The number of carbonyl (C=O) groups is 2. The number of nitrogens with zero attached hydrogens (tertiary/aromatic N) is 1. The van der Waals surface area contributed by atoms with E-state index >= 15 is 0 Å². The average Bonchev–Trinajstić information content (AvgIpc) is 3.20. The predicted octanol–water partition coefficient (Wildman–Crippen LogP) is 3.14. The summed E-state index contributed by atoms with van der Waals surface area (Å²) >= 11 is 1.54. The van der Waals surface area contributed by atoms with E-state index in [4.69, 9.17) is 0 Å². The third kappa shape index (κ3) is 2.99. The highest BCUT2D eigenvalue weighted by atomic mass is 32.1. The second-order valence-electron chi connectivity index (χ2n) is 7.89. The van der Waals surface area contributed by atoms with Gasteiger partial charge in [0.1, 0.15) is 5.01 Å². The molecule has 24 heavy (non-hydrogen) atoms. The van der Waals surface area contributed by atoms with Crippen molar-refractivity contribution in [3.8, 4) is 0 Å². The summed E-state index contributed by atoms with van der Waals surface area (Å²) in [4.78, 5) is 28.9. The van der Waals surface area contributed by atoms with Gasteiger partial charge in [0, 0.05) is 10.8 Å².